The van der Waals surface area contributed by atoms with Gasteiger partial charge in [0.25, 0.3) is 5.56 Å². The van der Waals surface area contributed by atoms with Crippen molar-refractivity contribution in [1.29, 1.82) is 0 Å². The van der Waals surface area contributed by atoms with Crippen LogP contribution in [0.25, 0.3) is 10.8 Å². The second kappa shape index (κ2) is 9.67. The highest BCUT2D eigenvalue weighted by Crippen LogP contribution is 2.27. The summed E-state index contributed by atoms with van der Waals surface area (Å²) < 4.78 is 1.75. The van der Waals surface area contributed by atoms with Crippen molar-refractivity contribution in [2.45, 2.75) is 51.3 Å². The first kappa shape index (κ1) is 22.2. The molecule has 3 heterocycles. The molecule has 170 valence electrons. The minimum absolute atomic E-state index is 0.0459. The lowest BCUT2D eigenvalue weighted by Gasteiger charge is -2.27. The number of fused-ring (bicyclic) bond motifs is 1. The highest BCUT2D eigenvalue weighted by molar-refractivity contribution is 5.93. The number of rotatable bonds is 7. The third-order valence-electron chi connectivity index (χ3n) is 5.96. The number of anilines is 3. The Morgan fingerprint density at radius 1 is 1.16 bits per heavy atom. The molecule has 0 aromatic carbocycles. The summed E-state index contributed by atoms with van der Waals surface area (Å²) in [7, 11) is 3.99. The fourth-order valence-corrected chi connectivity index (χ4v) is 4.10. The largest absolute Gasteiger partial charge is 0.393 e. The van der Waals surface area contributed by atoms with Crippen LogP contribution in [0.5, 0.6) is 0 Å². The van der Waals surface area contributed by atoms with E-state index in [1.807, 2.05) is 51.5 Å². The Kier molecular flexibility index (Phi) is 6.72. The molecule has 32 heavy (non-hydrogen) atoms. The van der Waals surface area contributed by atoms with Gasteiger partial charge in [-0.25, -0.2) is 9.97 Å². The Balaban J connectivity index is 1.73. The monoisotopic (exact) mass is 436 g/mol. The van der Waals surface area contributed by atoms with E-state index in [1.54, 1.807) is 10.8 Å². The van der Waals surface area contributed by atoms with Crippen molar-refractivity contribution in [1.82, 2.24) is 19.4 Å². The maximum atomic E-state index is 13.4. The molecule has 1 aliphatic rings. The van der Waals surface area contributed by atoms with E-state index in [1.165, 1.54) is 0 Å². The van der Waals surface area contributed by atoms with Gasteiger partial charge >= 0.3 is 0 Å². The number of hydrogen-bond acceptors (Lipinski definition) is 7. The lowest BCUT2D eigenvalue weighted by Crippen LogP contribution is -2.30. The number of aromatic nitrogens is 3. The molecule has 0 aliphatic heterocycles. The summed E-state index contributed by atoms with van der Waals surface area (Å²) >= 11 is 0. The molecule has 3 N–H and O–H groups in total. The first-order chi connectivity index (χ1) is 15.4. The predicted octanol–water partition coefficient (Wildman–Crippen LogP) is 3.12. The van der Waals surface area contributed by atoms with E-state index in [0.29, 0.717) is 29.4 Å². The average molecular weight is 437 g/mol. The van der Waals surface area contributed by atoms with Crippen molar-refractivity contribution in [3.63, 3.8) is 0 Å². The van der Waals surface area contributed by atoms with Crippen molar-refractivity contribution in [3.8, 4) is 0 Å². The van der Waals surface area contributed by atoms with E-state index >= 15 is 0 Å². The second-order valence-electron chi connectivity index (χ2n) is 8.93. The number of hydrogen-bond donors (Lipinski definition) is 3. The summed E-state index contributed by atoms with van der Waals surface area (Å²) in [5, 5.41) is 18.1. The van der Waals surface area contributed by atoms with E-state index in [0.717, 1.165) is 43.2 Å². The van der Waals surface area contributed by atoms with Crippen LogP contribution in [-0.2, 0) is 6.54 Å². The van der Waals surface area contributed by atoms with Gasteiger partial charge in [-0.2, -0.15) is 0 Å². The van der Waals surface area contributed by atoms with Crippen molar-refractivity contribution in [3.05, 3.63) is 52.6 Å². The molecule has 0 atom stereocenters. The minimum Gasteiger partial charge on any atom is -0.393 e. The SMILES string of the molecule is Cc1ccnc(Nc2cc3ccn(CCN(C)C)c(=O)c3c(NC3CCC(O)CC3)n2)c1. The summed E-state index contributed by atoms with van der Waals surface area (Å²) in [6, 6.07) is 7.95. The normalized spacial score (nSPS) is 18.8. The van der Waals surface area contributed by atoms with Crippen LogP contribution in [0, 0.1) is 6.92 Å². The molecule has 0 unspecified atom stereocenters. The number of nitrogens with zero attached hydrogens (tertiary/aromatic N) is 4. The molecule has 1 aliphatic carbocycles. The number of nitrogens with one attached hydrogen (secondary N) is 2. The van der Waals surface area contributed by atoms with Crippen LogP contribution in [0.15, 0.2) is 41.5 Å². The standard InChI is InChI=1S/C24H32N6O2/c1-16-8-10-25-20(14-16)27-21-15-17-9-11-30(13-12-29(2)3)24(32)22(17)23(28-21)26-18-4-6-19(31)7-5-18/h8-11,14-15,18-19,31H,4-7,12-13H2,1-3H3,(H2,25,26,27,28). The van der Waals surface area contributed by atoms with Crippen LogP contribution < -0.4 is 16.2 Å². The lowest BCUT2D eigenvalue weighted by molar-refractivity contribution is 0.126. The van der Waals surface area contributed by atoms with Crippen LogP contribution >= 0.6 is 0 Å². The number of aliphatic hydroxyl groups excluding tert-OH is 1. The number of aliphatic hydroxyl groups is 1. The molecular formula is C24H32N6O2. The van der Waals surface area contributed by atoms with Gasteiger partial charge in [0.2, 0.25) is 0 Å². The van der Waals surface area contributed by atoms with Crippen LogP contribution in [0.4, 0.5) is 17.5 Å². The zero-order valence-electron chi connectivity index (χ0n) is 19.0. The molecule has 0 saturated heterocycles. The van der Waals surface area contributed by atoms with Gasteiger partial charge in [0.05, 0.1) is 11.5 Å². The van der Waals surface area contributed by atoms with E-state index in [9.17, 15) is 9.90 Å². The van der Waals surface area contributed by atoms with Gasteiger partial charge < -0.3 is 25.2 Å². The van der Waals surface area contributed by atoms with Crippen LogP contribution in [-0.4, -0.2) is 57.3 Å². The highest BCUT2D eigenvalue weighted by Gasteiger charge is 2.21. The zero-order valence-corrected chi connectivity index (χ0v) is 19.0. The number of likely N-dealkylation sites (N-methyl/N-ethyl adjacent to an activating group) is 1. The van der Waals surface area contributed by atoms with Crippen LogP contribution in [0.2, 0.25) is 0 Å². The third-order valence-corrected chi connectivity index (χ3v) is 5.96. The van der Waals surface area contributed by atoms with Gasteiger partial charge in [0, 0.05) is 31.5 Å². The highest BCUT2D eigenvalue weighted by atomic mass is 16.3. The van der Waals surface area contributed by atoms with Crippen molar-refractivity contribution >= 4 is 28.2 Å². The topological polar surface area (TPSA) is 95.3 Å². The minimum atomic E-state index is -0.235. The zero-order chi connectivity index (χ0) is 22.7. The summed E-state index contributed by atoms with van der Waals surface area (Å²) in [6.45, 7) is 3.41. The van der Waals surface area contributed by atoms with Gasteiger partial charge in [-0.1, -0.05) is 0 Å². The van der Waals surface area contributed by atoms with Gasteiger partial charge in [-0.15, -0.1) is 0 Å². The third kappa shape index (κ3) is 5.26. The fourth-order valence-electron chi connectivity index (χ4n) is 4.10. The van der Waals surface area contributed by atoms with Gasteiger partial charge in [-0.05, 0) is 81.9 Å². The quantitative estimate of drug-likeness (QED) is 0.524. The van der Waals surface area contributed by atoms with E-state index < -0.39 is 0 Å². The average Bonchev–Trinajstić information content (AvgIpc) is 2.74. The molecule has 0 spiro atoms. The summed E-state index contributed by atoms with van der Waals surface area (Å²) in [4.78, 5) is 24.6. The Morgan fingerprint density at radius 3 is 2.66 bits per heavy atom. The molecule has 0 bridgehead atoms. The number of pyridine rings is 3. The molecule has 0 amide bonds. The summed E-state index contributed by atoms with van der Waals surface area (Å²) in [5.74, 6) is 1.94. The Hall–Kier alpha value is -2.97. The van der Waals surface area contributed by atoms with Crippen LogP contribution in [0.1, 0.15) is 31.2 Å². The van der Waals surface area contributed by atoms with Crippen molar-refractivity contribution in [2.75, 3.05) is 31.3 Å². The lowest BCUT2D eigenvalue weighted by atomic mass is 9.93. The molecular weight excluding hydrogens is 404 g/mol. The predicted molar refractivity (Wildman–Crippen MR) is 129 cm³/mol. The molecule has 4 rings (SSSR count). The fraction of sp³-hybridized carbons (Fsp3) is 0.458. The van der Waals surface area contributed by atoms with Crippen molar-refractivity contribution in [2.24, 2.45) is 0 Å². The smallest absolute Gasteiger partial charge is 0.262 e. The Morgan fingerprint density at radius 2 is 1.94 bits per heavy atom. The second-order valence-corrected chi connectivity index (χ2v) is 8.93. The van der Waals surface area contributed by atoms with Crippen molar-refractivity contribution < 1.29 is 5.11 Å². The van der Waals surface area contributed by atoms with Gasteiger partial charge in [0.15, 0.2) is 0 Å². The molecule has 0 radical (unpaired) electrons. The van der Waals surface area contributed by atoms with E-state index in [2.05, 4.69) is 20.5 Å². The number of aryl methyl sites for hydroxylation is 1. The summed E-state index contributed by atoms with van der Waals surface area (Å²) in [6.07, 6.45) is 6.59. The molecule has 3 aromatic rings. The first-order valence-electron chi connectivity index (χ1n) is 11.2. The Bertz CT molecular complexity index is 1140. The molecule has 1 saturated carbocycles. The Labute approximate surface area is 188 Å². The molecule has 8 nitrogen and oxygen atoms in total. The van der Waals surface area contributed by atoms with E-state index in [4.69, 9.17) is 4.98 Å². The van der Waals surface area contributed by atoms with Crippen LogP contribution in [0.3, 0.4) is 0 Å². The summed E-state index contributed by atoms with van der Waals surface area (Å²) in [5.41, 5.74) is 1.06. The molecule has 1 fully saturated rings. The maximum Gasteiger partial charge on any atom is 0.262 e. The van der Waals surface area contributed by atoms with Gasteiger partial charge in [-0.3, -0.25) is 4.79 Å². The van der Waals surface area contributed by atoms with Gasteiger partial charge in [0.1, 0.15) is 17.5 Å². The molecule has 8 heteroatoms. The first-order valence-corrected chi connectivity index (χ1v) is 11.2. The maximum absolute atomic E-state index is 13.4. The molecule has 3 aromatic heterocycles. The van der Waals surface area contributed by atoms with E-state index in [-0.39, 0.29) is 17.7 Å².